The Kier molecular flexibility index (Phi) is 62.5. The van der Waals surface area contributed by atoms with Crippen molar-refractivity contribution in [3.05, 3.63) is 48.6 Å². The number of carbonyl (C=O) groups excluding carboxylic acids is 2. The van der Waals surface area contributed by atoms with E-state index in [0.717, 1.165) is 51.4 Å². The summed E-state index contributed by atoms with van der Waals surface area (Å²) in [5, 5.41) is 23.3. The van der Waals surface area contributed by atoms with Gasteiger partial charge in [0.05, 0.1) is 25.4 Å². The summed E-state index contributed by atoms with van der Waals surface area (Å²) in [5.41, 5.74) is 0. The van der Waals surface area contributed by atoms with Crippen LogP contribution in [-0.2, 0) is 14.3 Å². The van der Waals surface area contributed by atoms with Crippen molar-refractivity contribution in [1.82, 2.24) is 5.32 Å². The standard InChI is InChI=1S/C69H129NO5/c1-3-5-7-9-11-13-15-17-18-19-20-21-22-23-24-26-29-32-35-38-41-45-49-53-57-61-67(72)66(65-71)70-68(73)62-58-54-50-46-42-39-36-33-30-27-25-28-31-34-37-40-44-48-52-56-60-64-75-69(74)63-59-55-51-47-43-16-14-12-10-8-6-4-2/h12,14,40,44,52,56-57,61,66-67,71-72H,3-11,13,15-39,41-43,45-51,53-55,58-60,62-65H2,1-2H3,(H,70,73)/b14-12-,44-40-,56-52-,61-57+. The Balaban J connectivity index is 3.48. The summed E-state index contributed by atoms with van der Waals surface area (Å²) < 4.78 is 5.40. The maximum atomic E-state index is 12.5. The van der Waals surface area contributed by atoms with Gasteiger partial charge in [0.1, 0.15) is 0 Å². The normalized spacial score (nSPS) is 12.9. The third-order valence-corrected chi connectivity index (χ3v) is 15.3. The van der Waals surface area contributed by atoms with E-state index in [4.69, 9.17) is 4.74 Å². The number of rotatable bonds is 62. The van der Waals surface area contributed by atoms with Crippen LogP contribution in [0.2, 0.25) is 0 Å². The molecule has 440 valence electrons. The molecule has 0 rings (SSSR count). The summed E-state index contributed by atoms with van der Waals surface area (Å²) in [6, 6.07) is -0.634. The van der Waals surface area contributed by atoms with Crippen LogP contribution in [0, 0.1) is 0 Å². The Morgan fingerprint density at radius 1 is 0.373 bits per heavy atom. The zero-order valence-corrected chi connectivity index (χ0v) is 50.3. The van der Waals surface area contributed by atoms with Crippen LogP contribution >= 0.6 is 0 Å². The lowest BCUT2D eigenvalue weighted by Crippen LogP contribution is -2.45. The summed E-state index contributed by atoms with van der Waals surface area (Å²) in [7, 11) is 0. The average molecular weight is 1050 g/mol. The van der Waals surface area contributed by atoms with Crippen LogP contribution in [0.15, 0.2) is 48.6 Å². The van der Waals surface area contributed by atoms with Crippen LogP contribution in [0.5, 0.6) is 0 Å². The fraction of sp³-hybridized carbons (Fsp3) is 0.855. The summed E-state index contributed by atoms with van der Waals surface area (Å²) in [5.74, 6) is -0.116. The van der Waals surface area contributed by atoms with Crippen molar-refractivity contribution in [1.29, 1.82) is 0 Å². The molecule has 0 heterocycles. The number of esters is 1. The summed E-state index contributed by atoms with van der Waals surface area (Å²) >= 11 is 0. The van der Waals surface area contributed by atoms with Gasteiger partial charge in [-0.25, -0.2) is 0 Å². The topological polar surface area (TPSA) is 95.9 Å². The fourth-order valence-corrected chi connectivity index (χ4v) is 10.2. The Bertz CT molecular complexity index is 1260. The molecular formula is C69H129NO5. The summed E-state index contributed by atoms with van der Waals surface area (Å²) in [4.78, 5) is 24.5. The SMILES string of the molecule is CCCCC/C=C\CCCCCCCC(=O)OCC/C=C\C/C=C\CCCCCCCCCCCCCCCCC(=O)NC(CO)C(O)/C=C/CCCCCCCCCCCCCCCCCCCCCCCCC. The lowest BCUT2D eigenvalue weighted by Gasteiger charge is -2.20. The van der Waals surface area contributed by atoms with Crippen LogP contribution in [0.3, 0.4) is 0 Å². The van der Waals surface area contributed by atoms with E-state index in [2.05, 4.69) is 55.6 Å². The van der Waals surface area contributed by atoms with Gasteiger partial charge in [-0.15, -0.1) is 0 Å². The highest BCUT2D eigenvalue weighted by atomic mass is 16.5. The zero-order chi connectivity index (χ0) is 54.3. The smallest absolute Gasteiger partial charge is 0.305 e. The van der Waals surface area contributed by atoms with Crippen molar-refractivity contribution in [3.8, 4) is 0 Å². The lowest BCUT2D eigenvalue weighted by molar-refractivity contribution is -0.143. The van der Waals surface area contributed by atoms with Crippen molar-refractivity contribution >= 4 is 11.9 Å². The minimum Gasteiger partial charge on any atom is -0.465 e. The molecule has 6 nitrogen and oxygen atoms in total. The number of hydrogen-bond donors (Lipinski definition) is 3. The number of amides is 1. The number of ether oxygens (including phenoxy) is 1. The highest BCUT2D eigenvalue weighted by molar-refractivity contribution is 5.76. The molecule has 2 unspecified atom stereocenters. The molecule has 3 N–H and O–H groups in total. The summed E-state index contributed by atoms with van der Waals surface area (Å²) in [6.45, 7) is 4.79. The molecule has 0 aromatic carbocycles. The lowest BCUT2D eigenvalue weighted by atomic mass is 10.0. The number of allylic oxidation sites excluding steroid dienone is 6. The van der Waals surface area contributed by atoms with Crippen LogP contribution in [0.25, 0.3) is 0 Å². The van der Waals surface area contributed by atoms with E-state index in [0.29, 0.717) is 19.4 Å². The Labute approximate surface area is 467 Å². The van der Waals surface area contributed by atoms with Crippen molar-refractivity contribution in [2.24, 2.45) is 0 Å². The van der Waals surface area contributed by atoms with Gasteiger partial charge in [-0.2, -0.15) is 0 Å². The first-order chi connectivity index (χ1) is 37.0. The van der Waals surface area contributed by atoms with Crippen molar-refractivity contribution in [3.63, 3.8) is 0 Å². The van der Waals surface area contributed by atoms with Gasteiger partial charge in [-0.05, 0) is 77.0 Å². The molecule has 1 amide bonds. The Morgan fingerprint density at radius 3 is 1.05 bits per heavy atom. The second kappa shape index (κ2) is 64.3. The fourth-order valence-electron chi connectivity index (χ4n) is 10.2. The predicted molar refractivity (Wildman–Crippen MR) is 329 cm³/mol. The molecular weight excluding hydrogens is 923 g/mol. The monoisotopic (exact) mass is 1050 g/mol. The van der Waals surface area contributed by atoms with Crippen LogP contribution in [0.1, 0.15) is 354 Å². The van der Waals surface area contributed by atoms with Gasteiger partial charge in [-0.3, -0.25) is 9.59 Å². The zero-order valence-electron chi connectivity index (χ0n) is 50.3. The molecule has 0 aliphatic rings. The minimum absolute atomic E-state index is 0.0458. The van der Waals surface area contributed by atoms with E-state index >= 15 is 0 Å². The van der Waals surface area contributed by atoms with Gasteiger partial charge in [0.25, 0.3) is 0 Å². The number of unbranched alkanes of at least 4 members (excludes halogenated alkanes) is 45. The van der Waals surface area contributed by atoms with Gasteiger partial charge in [0.2, 0.25) is 5.91 Å². The third kappa shape index (κ3) is 60.9. The predicted octanol–water partition coefficient (Wildman–Crippen LogP) is 21.3. The number of nitrogens with one attached hydrogen (secondary N) is 1. The average Bonchev–Trinajstić information content (AvgIpc) is 3.41. The number of aliphatic hydroxyl groups is 2. The first-order valence-electron chi connectivity index (χ1n) is 33.4. The molecule has 2 atom stereocenters. The Hall–Kier alpha value is -2.18. The van der Waals surface area contributed by atoms with Gasteiger partial charge in [0, 0.05) is 12.8 Å². The van der Waals surface area contributed by atoms with Gasteiger partial charge >= 0.3 is 5.97 Å². The van der Waals surface area contributed by atoms with Crippen LogP contribution in [-0.4, -0.2) is 47.4 Å². The summed E-state index contributed by atoms with van der Waals surface area (Å²) in [6.07, 6.45) is 83.3. The molecule has 0 aromatic rings. The molecule has 0 radical (unpaired) electrons. The number of aliphatic hydroxyl groups excluding tert-OH is 2. The molecule has 0 aliphatic carbocycles. The molecule has 0 bridgehead atoms. The van der Waals surface area contributed by atoms with E-state index in [1.54, 1.807) is 6.08 Å². The minimum atomic E-state index is -0.850. The second-order valence-corrected chi connectivity index (χ2v) is 22.8. The first-order valence-corrected chi connectivity index (χ1v) is 33.4. The molecule has 0 fully saturated rings. The molecule has 0 saturated carbocycles. The van der Waals surface area contributed by atoms with Gasteiger partial charge in [-0.1, -0.05) is 313 Å². The molecule has 75 heavy (non-hydrogen) atoms. The first kappa shape index (κ1) is 72.8. The van der Waals surface area contributed by atoms with Crippen LogP contribution < -0.4 is 5.32 Å². The maximum absolute atomic E-state index is 12.5. The molecule has 6 heteroatoms. The van der Waals surface area contributed by atoms with E-state index in [1.165, 1.54) is 276 Å². The highest BCUT2D eigenvalue weighted by Gasteiger charge is 2.18. The van der Waals surface area contributed by atoms with Crippen LogP contribution in [0.4, 0.5) is 0 Å². The van der Waals surface area contributed by atoms with E-state index in [-0.39, 0.29) is 18.5 Å². The van der Waals surface area contributed by atoms with Gasteiger partial charge in [0.15, 0.2) is 0 Å². The quantitative estimate of drug-likeness (QED) is 0.0320. The van der Waals surface area contributed by atoms with Crippen molar-refractivity contribution < 1.29 is 24.5 Å². The molecule has 0 aromatic heterocycles. The van der Waals surface area contributed by atoms with E-state index < -0.39 is 12.1 Å². The highest BCUT2D eigenvalue weighted by Crippen LogP contribution is 2.18. The largest absolute Gasteiger partial charge is 0.465 e. The molecule has 0 aliphatic heterocycles. The van der Waals surface area contributed by atoms with E-state index in [1.807, 2.05) is 6.08 Å². The molecule has 0 saturated heterocycles. The van der Waals surface area contributed by atoms with E-state index in [9.17, 15) is 19.8 Å². The van der Waals surface area contributed by atoms with Crippen molar-refractivity contribution in [2.75, 3.05) is 13.2 Å². The third-order valence-electron chi connectivity index (χ3n) is 15.3. The number of hydrogen-bond acceptors (Lipinski definition) is 5. The maximum Gasteiger partial charge on any atom is 0.305 e. The van der Waals surface area contributed by atoms with Crippen molar-refractivity contribution in [2.45, 2.75) is 366 Å². The number of carbonyl (C=O) groups is 2. The van der Waals surface area contributed by atoms with Gasteiger partial charge < -0.3 is 20.3 Å². The second-order valence-electron chi connectivity index (χ2n) is 22.8. The molecule has 0 spiro atoms. The Morgan fingerprint density at radius 2 is 0.667 bits per heavy atom.